The van der Waals surface area contributed by atoms with Crippen LogP contribution in [0.5, 0.6) is 0 Å². The van der Waals surface area contributed by atoms with Crippen LogP contribution in [-0.2, 0) is 27.8 Å². The standard InChI is InChI=1S/C23H18Cl2FN3O3S/c24-17-6-10-19(11-7-17)33(31,32)29(14-20-21(25)2-1-3-22(20)26)15-23(30)28-18-8-4-16(5-9-18)12-13-27/h1-11H,12,14-15H2,(H,28,30). The van der Waals surface area contributed by atoms with Crippen molar-refractivity contribution in [2.24, 2.45) is 0 Å². The normalized spacial score (nSPS) is 11.2. The van der Waals surface area contributed by atoms with Crippen LogP contribution in [0.3, 0.4) is 0 Å². The van der Waals surface area contributed by atoms with Gasteiger partial charge in [-0.05, 0) is 54.1 Å². The van der Waals surface area contributed by atoms with Crippen molar-refractivity contribution in [1.82, 2.24) is 4.31 Å². The van der Waals surface area contributed by atoms with E-state index in [1.54, 1.807) is 24.3 Å². The average molecular weight is 506 g/mol. The monoisotopic (exact) mass is 505 g/mol. The third-order valence-electron chi connectivity index (χ3n) is 4.69. The van der Waals surface area contributed by atoms with Crippen molar-refractivity contribution in [1.29, 1.82) is 5.26 Å². The van der Waals surface area contributed by atoms with E-state index in [1.165, 1.54) is 36.4 Å². The van der Waals surface area contributed by atoms with E-state index < -0.39 is 34.8 Å². The molecule has 33 heavy (non-hydrogen) atoms. The highest BCUT2D eigenvalue weighted by Gasteiger charge is 2.28. The summed E-state index contributed by atoms with van der Waals surface area (Å²) < 4.78 is 41.8. The Kier molecular flexibility index (Phi) is 8.06. The lowest BCUT2D eigenvalue weighted by Crippen LogP contribution is -2.37. The Balaban J connectivity index is 1.88. The lowest BCUT2D eigenvalue weighted by molar-refractivity contribution is -0.116. The summed E-state index contributed by atoms with van der Waals surface area (Å²) in [6, 6.07) is 18.0. The van der Waals surface area contributed by atoms with Gasteiger partial charge in [-0.25, -0.2) is 12.8 Å². The molecule has 0 heterocycles. The number of benzene rings is 3. The maximum Gasteiger partial charge on any atom is 0.243 e. The van der Waals surface area contributed by atoms with Gasteiger partial charge in [0.05, 0.1) is 23.9 Å². The van der Waals surface area contributed by atoms with E-state index >= 15 is 0 Å². The van der Waals surface area contributed by atoms with Gasteiger partial charge in [-0.2, -0.15) is 9.57 Å². The summed E-state index contributed by atoms with van der Waals surface area (Å²) in [6.07, 6.45) is 0.227. The van der Waals surface area contributed by atoms with Crippen molar-refractivity contribution in [3.05, 3.63) is 93.7 Å². The van der Waals surface area contributed by atoms with E-state index in [2.05, 4.69) is 5.32 Å². The van der Waals surface area contributed by atoms with Crippen molar-refractivity contribution in [3.63, 3.8) is 0 Å². The van der Waals surface area contributed by atoms with Crippen LogP contribution in [0.25, 0.3) is 0 Å². The number of hydrogen-bond donors (Lipinski definition) is 1. The molecule has 10 heteroatoms. The van der Waals surface area contributed by atoms with Crippen LogP contribution in [0.1, 0.15) is 11.1 Å². The molecule has 0 unspecified atom stereocenters. The fraction of sp³-hybridized carbons (Fsp3) is 0.130. The number of nitrogens with zero attached hydrogens (tertiary/aromatic N) is 2. The molecule has 1 amide bonds. The minimum Gasteiger partial charge on any atom is -0.325 e. The van der Waals surface area contributed by atoms with Gasteiger partial charge in [-0.15, -0.1) is 0 Å². The van der Waals surface area contributed by atoms with Gasteiger partial charge >= 0.3 is 0 Å². The maximum atomic E-state index is 14.4. The smallest absolute Gasteiger partial charge is 0.243 e. The zero-order valence-corrected chi connectivity index (χ0v) is 19.5. The second-order valence-corrected chi connectivity index (χ2v) is 9.79. The first-order chi connectivity index (χ1) is 15.7. The highest BCUT2D eigenvalue weighted by molar-refractivity contribution is 7.89. The van der Waals surface area contributed by atoms with Crippen LogP contribution >= 0.6 is 23.2 Å². The van der Waals surface area contributed by atoms with Gasteiger partial charge in [0.15, 0.2) is 0 Å². The summed E-state index contributed by atoms with van der Waals surface area (Å²) >= 11 is 12.0. The summed E-state index contributed by atoms with van der Waals surface area (Å²) in [5.41, 5.74) is 1.15. The van der Waals surface area contributed by atoms with Gasteiger partial charge in [-0.1, -0.05) is 41.4 Å². The highest BCUT2D eigenvalue weighted by atomic mass is 35.5. The number of rotatable bonds is 8. The highest BCUT2D eigenvalue weighted by Crippen LogP contribution is 2.25. The predicted octanol–water partition coefficient (Wildman–Crippen LogP) is 5.03. The molecule has 0 radical (unpaired) electrons. The molecule has 0 spiro atoms. The Hall–Kier alpha value is -2.96. The second-order valence-electron chi connectivity index (χ2n) is 7.01. The summed E-state index contributed by atoms with van der Waals surface area (Å²) in [6.45, 7) is -1.04. The molecule has 3 aromatic rings. The average Bonchev–Trinajstić information content (AvgIpc) is 2.77. The summed E-state index contributed by atoms with van der Waals surface area (Å²) in [5.74, 6) is -1.32. The van der Waals surface area contributed by atoms with Crippen molar-refractivity contribution in [2.45, 2.75) is 17.9 Å². The molecule has 3 aromatic carbocycles. The molecule has 0 aromatic heterocycles. The maximum absolute atomic E-state index is 14.4. The number of anilines is 1. The van der Waals surface area contributed by atoms with Crippen LogP contribution in [0.15, 0.2) is 71.6 Å². The third kappa shape index (κ3) is 6.30. The van der Waals surface area contributed by atoms with Crippen molar-refractivity contribution >= 4 is 44.8 Å². The van der Waals surface area contributed by atoms with Crippen molar-refractivity contribution < 1.29 is 17.6 Å². The third-order valence-corrected chi connectivity index (χ3v) is 7.10. The zero-order chi connectivity index (χ0) is 24.0. The fourth-order valence-corrected chi connectivity index (χ4v) is 4.71. The lowest BCUT2D eigenvalue weighted by Gasteiger charge is -2.23. The van der Waals surface area contributed by atoms with Crippen molar-refractivity contribution in [3.8, 4) is 6.07 Å². The van der Waals surface area contributed by atoms with E-state index in [9.17, 15) is 17.6 Å². The van der Waals surface area contributed by atoms with E-state index in [0.717, 1.165) is 15.9 Å². The number of sulfonamides is 1. The minimum absolute atomic E-state index is 0.0415. The van der Waals surface area contributed by atoms with Crippen molar-refractivity contribution in [2.75, 3.05) is 11.9 Å². The predicted molar refractivity (Wildman–Crippen MR) is 125 cm³/mol. The number of carbonyl (C=O) groups excluding carboxylic acids is 1. The van der Waals surface area contributed by atoms with Crippen LogP contribution in [0.2, 0.25) is 10.0 Å². The number of nitrogens with one attached hydrogen (secondary N) is 1. The van der Waals surface area contributed by atoms with Crippen LogP contribution in [0, 0.1) is 17.1 Å². The van der Waals surface area contributed by atoms with Gasteiger partial charge in [0.1, 0.15) is 5.82 Å². The molecule has 0 fully saturated rings. The molecular weight excluding hydrogens is 488 g/mol. The topological polar surface area (TPSA) is 90.3 Å². The minimum atomic E-state index is -4.20. The fourth-order valence-electron chi connectivity index (χ4n) is 3.00. The first-order valence-electron chi connectivity index (χ1n) is 9.65. The van der Waals surface area contributed by atoms with Crippen LogP contribution < -0.4 is 5.32 Å². The van der Waals surface area contributed by atoms with Crippen LogP contribution in [0.4, 0.5) is 10.1 Å². The van der Waals surface area contributed by atoms with Crippen LogP contribution in [-0.4, -0.2) is 25.2 Å². The summed E-state index contributed by atoms with van der Waals surface area (Å²) in [5, 5.41) is 11.8. The Morgan fingerprint density at radius 3 is 2.30 bits per heavy atom. The number of nitriles is 1. The molecule has 0 aliphatic carbocycles. The Morgan fingerprint density at radius 1 is 1.03 bits per heavy atom. The number of hydrogen-bond acceptors (Lipinski definition) is 4. The summed E-state index contributed by atoms with van der Waals surface area (Å²) in [7, 11) is -4.20. The van der Waals surface area contributed by atoms with Gasteiger partial charge in [-0.3, -0.25) is 4.79 Å². The lowest BCUT2D eigenvalue weighted by atomic mass is 10.1. The molecule has 6 nitrogen and oxygen atoms in total. The van der Waals surface area contributed by atoms with E-state index in [4.69, 9.17) is 28.5 Å². The largest absolute Gasteiger partial charge is 0.325 e. The Morgan fingerprint density at radius 2 is 1.70 bits per heavy atom. The molecule has 0 atom stereocenters. The van der Waals surface area contributed by atoms with E-state index in [-0.39, 0.29) is 21.9 Å². The second kappa shape index (κ2) is 10.8. The molecule has 0 aliphatic rings. The number of halogens is 3. The van der Waals surface area contributed by atoms with Gasteiger partial charge in [0, 0.05) is 27.8 Å². The first-order valence-corrected chi connectivity index (χ1v) is 11.8. The zero-order valence-electron chi connectivity index (χ0n) is 17.1. The molecule has 170 valence electrons. The molecule has 1 N–H and O–H groups in total. The SMILES string of the molecule is N#CCc1ccc(NC(=O)CN(Cc2c(F)cccc2Cl)S(=O)(=O)c2ccc(Cl)cc2)cc1. The van der Waals surface area contributed by atoms with Gasteiger partial charge in [0.2, 0.25) is 15.9 Å². The van der Waals surface area contributed by atoms with Gasteiger partial charge in [0.25, 0.3) is 0 Å². The molecule has 3 rings (SSSR count). The molecule has 0 aliphatic heterocycles. The molecular formula is C23H18Cl2FN3O3S. The molecule has 0 saturated heterocycles. The number of amides is 1. The quantitative estimate of drug-likeness (QED) is 0.464. The Bertz CT molecular complexity index is 1270. The Labute approximate surface area is 201 Å². The summed E-state index contributed by atoms with van der Waals surface area (Å²) in [4.78, 5) is 12.6. The number of carbonyl (C=O) groups is 1. The molecule has 0 saturated carbocycles. The first kappa shape index (κ1) is 24.7. The molecule has 0 bridgehead atoms. The van der Waals surface area contributed by atoms with E-state index in [0.29, 0.717) is 10.7 Å². The van der Waals surface area contributed by atoms with E-state index in [1.807, 2.05) is 6.07 Å². The van der Waals surface area contributed by atoms with Gasteiger partial charge < -0.3 is 5.32 Å².